The molecule has 1 N–H and O–H groups in total. The summed E-state index contributed by atoms with van der Waals surface area (Å²) in [5.74, 6) is 1.07. The van der Waals surface area contributed by atoms with Gasteiger partial charge in [0, 0.05) is 20.7 Å². The van der Waals surface area contributed by atoms with Crippen molar-refractivity contribution in [2.75, 3.05) is 5.75 Å². The molecular weight excluding hydrogens is 330 g/mol. The Morgan fingerprint density at radius 1 is 1.44 bits per heavy atom. The number of hydrogen-bond acceptors (Lipinski definition) is 3. The van der Waals surface area contributed by atoms with Crippen LogP contribution in [0.1, 0.15) is 38.8 Å². The second-order valence-corrected chi connectivity index (χ2v) is 9.42. The van der Waals surface area contributed by atoms with Crippen molar-refractivity contribution in [3.63, 3.8) is 0 Å². The number of nitrogens with one attached hydrogen (secondary N) is 1. The molecule has 1 aliphatic rings. The zero-order valence-corrected chi connectivity index (χ0v) is 14.0. The third-order valence-electron chi connectivity index (χ3n) is 2.82. The molecule has 100 valence electrons. The molecule has 1 aliphatic heterocycles. The van der Waals surface area contributed by atoms with Gasteiger partial charge in [-0.2, -0.15) is 0 Å². The Morgan fingerprint density at radius 3 is 2.83 bits per heavy atom. The largest absolute Gasteiger partial charge is 0.598 e. The van der Waals surface area contributed by atoms with Crippen LogP contribution < -0.4 is 4.72 Å². The SMILES string of the molecule is CC(C)(C)[S+]([O-])NC1CCSc2cc(Br)ccc21. The summed E-state index contributed by atoms with van der Waals surface area (Å²) >= 11 is 4.35. The van der Waals surface area contributed by atoms with E-state index in [9.17, 15) is 4.55 Å². The molecule has 1 aromatic carbocycles. The lowest BCUT2D eigenvalue weighted by atomic mass is 10.1. The van der Waals surface area contributed by atoms with Crippen LogP contribution in [0.3, 0.4) is 0 Å². The zero-order valence-electron chi connectivity index (χ0n) is 10.8. The number of rotatable bonds is 2. The Morgan fingerprint density at radius 2 is 2.17 bits per heavy atom. The van der Waals surface area contributed by atoms with E-state index in [2.05, 4.69) is 38.9 Å². The Hall–Kier alpha value is 0.320. The van der Waals surface area contributed by atoms with Crippen LogP contribution in [0, 0.1) is 0 Å². The maximum atomic E-state index is 12.2. The Kier molecular flexibility index (Phi) is 4.70. The average Bonchev–Trinajstić information content (AvgIpc) is 2.27. The predicted molar refractivity (Wildman–Crippen MR) is 83.3 cm³/mol. The summed E-state index contributed by atoms with van der Waals surface area (Å²) in [4.78, 5) is 1.29. The standard InChI is InChI=1S/C13H18BrNOS2/c1-13(2,3)18(16)15-11-6-7-17-12-8-9(14)4-5-10(11)12/h4-5,8,11,15H,6-7H2,1-3H3. The topological polar surface area (TPSA) is 35.1 Å². The Bertz CT molecular complexity index is 433. The van der Waals surface area contributed by atoms with Crippen molar-refractivity contribution in [2.45, 2.75) is 42.9 Å². The monoisotopic (exact) mass is 347 g/mol. The first-order valence-electron chi connectivity index (χ1n) is 5.98. The van der Waals surface area contributed by atoms with Gasteiger partial charge in [-0.3, -0.25) is 0 Å². The zero-order chi connectivity index (χ0) is 13.3. The minimum Gasteiger partial charge on any atom is -0.598 e. The van der Waals surface area contributed by atoms with Crippen molar-refractivity contribution in [3.8, 4) is 0 Å². The Labute approximate surface area is 125 Å². The number of thioether (sulfide) groups is 1. The van der Waals surface area contributed by atoms with Crippen LogP contribution >= 0.6 is 27.7 Å². The lowest BCUT2D eigenvalue weighted by molar-refractivity contribution is 0.516. The molecule has 0 saturated carbocycles. The van der Waals surface area contributed by atoms with E-state index in [1.165, 1.54) is 10.5 Å². The summed E-state index contributed by atoms with van der Waals surface area (Å²) in [6.45, 7) is 5.99. The molecule has 0 aliphatic carbocycles. The van der Waals surface area contributed by atoms with Crippen LogP contribution in [0.5, 0.6) is 0 Å². The summed E-state index contributed by atoms with van der Waals surface area (Å²) in [5, 5.41) is 0. The highest BCUT2D eigenvalue weighted by Gasteiger charge is 2.31. The fourth-order valence-corrected chi connectivity index (χ4v) is 4.32. The second-order valence-electron chi connectivity index (χ2n) is 5.37. The molecule has 0 fully saturated rings. The molecule has 18 heavy (non-hydrogen) atoms. The number of fused-ring (bicyclic) bond motifs is 1. The minimum atomic E-state index is -1.02. The molecule has 0 spiro atoms. The van der Waals surface area contributed by atoms with Gasteiger partial charge in [-0.1, -0.05) is 22.0 Å². The van der Waals surface area contributed by atoms with Gasteiger partial charge in [0.25, 0.3) is 0 Å². The Balaban J connectivity index is 2.18. The molecule has 2 atom stereocenters. The van der Waals surface area contributed by atoms with Crippen molar-refractivity contribution in [3.05, 3.63) is 28.2 Å². The highest BCUT2D eigenvalue weighted by Crippen LogP contribution is 2.38. The normalized spacial score (nSPS) is 21.5. The summed E-state index contributed by atoms with van der Waals surface area (Å²) in [6.07, 6.45) is 1.03. The van der Waals surface area contributed by atoms with Gasteiger partial charge >= 0.3 is 0 Å². The van der Waals surface area contributed by atoms with E-state index >= 15 is 0 Å². The molecule has 2 nitrogen and oxygen atoms in total. The van der Waals surface area contributed by atoms with Gasteiger partial charge < -0.3 is 4.55 Å². The molecule has 0 saturated heterocycles. The van der Waals surface area contributed by atoms with Gasteiger partial charge in [0.15, 0.2) is 0 Å². The van der Waals surface area contributed by atoms with E-state index in [0.29, 0.717) is 0 Å². The summed E-state index contributed by atoms with van der Waals surface area (Å²) in [6, 6.07) is 6.53. The molecule has 0 amide bonds. The van der Waals surface area contributed by atoms with E-state index in [-0.39, 0.29) is 10.8 Å². The first-order chi connectivity index (χ1) is 8.38. The van der Waals surface area contributed by atoms with Crippen molar-refractivity contribution >= 4 is 39.1 Å². The molecule has 1 aromatic rings. The van der Waals surface area contributed by atoms with E-state index < -0.39 is 11.4 Å². The molecule has 0 aromatic heterocycles. The first kappa shape index (κ1) is 14.7. The van der Waals surface area contributed by atoms with Gasteiger partial charge in [-0.25, -0.2) is 0 Å². The van der Waals surface area contributed by atoms with Crippen LogP contribution in [0.4, 0.5) is 0 Å². The maximum absolute atomic E-state index is 12.2. The van der Waals surface area contributed by atoms with Crippen LogP contribution in [0.25, 0.3) is 0 Å². The fourth-order valence-electron chi connectivity index (χ4n) is 1.79. The van der Waals surface area contributed by atoms with Gasteiger partial charge in [0.1, 0.15) is 4.75 Å². The quantitative estimate of drug-likeness (QED) is 0.820. The van der Waals surface area contributed by atoms with Crippen molar-refractivity contribution < 1.29 is 4.55 Å². The molecule has 2 unspecified atom stereocenters. The number of benzene rings is 1. The van der Waals surface area contributed by atoms with Gasteiger partial charge in [-0.15, -0.1) is 16.5 Å². The maximum Gasteiger partial charge on any atom is 0.136 e. The van der Waals surface area contributed by atoms with Gasteiger partial charge in [0.2, 0.25) is 0 Å². The van der Waals surface area contributed by atoms with Crippen LogP contribution in [0.15, 0.2) is 27.6 Å². The van der Waals surface area contributed by atoms with Crippen LogP contribution in [-0.4, -0.2) is 15.1 Å². The molecule has 0 bridgehead atoms. The summed E-state index contributed by atoms with van der Waals surface area (Å²) < 4.78 is 16.4. The molecule has 1 heterocycles. The third kappa shape index (κ3) is 3.45. The van der Waals surface area contributed by atoms with Crippen LogP contribution in [0.2, 0.25) is 0 Å². The second kappa shape index (κ2) is 5.75. The summed E-state index contributed by atoms with van der Waals surface area (Å²) in [5.41, 5.74) is 1.27. The average molecular weight is 348 g/mol. The lowest BCUT2D eigenvalue weighted by Crippen LogP contribution is -2.42. The van der Waals surface area contributed by atoms with Gasteiger partial charge in [0.05, 0.1) is 6.04 Å². The van der Waals surface area contributed by atoms with E-state index in [1.807, 2.05) is 32.5 Å². The fraction of sp³-hybridized carbons (Fsp3) is 0.538. The summed E-state index contributed by atoms with van der Waals surface area (Å²) in [7, 11) is 0. The smallest absolute Gasteiger partial charge is 0.136 e. The number of halogens is 1. The minimum absolute atomic E-state index is 0.203. The molecule has 2 rings (SSSR count). The van der Waals surface area contributed by atoms with E-state index in [0.717, 1.165) is 16.6 Å². The van der Waals surface area contributed by atoms with E-state index in [4.69, 9.17) is 0 Å². The molecule has 5 heteroatoms. The van der Waals surface area contributed by atoms with Crippen molar-refractivity contribution in [1.82, 2.24) is 4.72 Å². The third-order valence-corrected chi connectivity index (χ3v) is 6.03. The van der Waals surface area contributed by atoms with Crippen molar-refractivity contribution in [2.24, 2.45) is 0 Å². The van der Waals surface area contributed by atoms with Crippen molar-refractivity contribution in [1.29, 1.82) is 0 Å². The van der Waals surface area contributed by atoms with Crippen LogP contribution in [-0.2, 0) is 11.4 Å². The lowest BCUT2D eigenvalue weighted by Gasteiger charge is -2.31. The highest BCUT2D eigenvalue weighted by molar-refractivity contribution is 9.10. The molecular formula is C13H18BrNOS2. The van der Waals surface area contributed by atoms with E-state index in [1.54, 1.807) is 0 Å². The number of hydrogen-bond donors (Lipinski definition) is 1. The van der Waals surface area contributed by atoms with Gasteiger partial charge in [-0.05, 0) is 50.6 Å². The predicted octanol–water partition coefficient (Wildman–Crippen LogP) is 4.04. The molecule has 0 radical (unpaired) electrons. The highest BCUT2D eigenvalue weighted by atomic mass is 79.9. The first-order valence-corrected chi connectivity index (χ1v) is 8.91.